The summed E-state index contributed by atoms with van der Waals surface area (Å²) in [5, 5.41) is 3.10. The second kappa shape index (κ2) is 4.78. The van der Waals surface area contributed by atoms with Gasteiger partial charge in [-0.2, -0.15) is 0 Å². The van der Waals surface area contributed by atoms with E-state index in [2.05, 4.69) is 15.3 Å². The van der Waals surface area contributed by atoms with Crippen LogP contribution in [-0.4, -0.2) is 15.9 Å². The number of amides is 1. The molecule has 0 aliphatic rings. The molecule has 94 valence electrons. The standard InChI is InChI=1S/C12H12ClN3O2/c1-6-9(4-5-10(13)15-6)16-12(17)11-7(2)14-8(3)18-11/h4-5H,1-3H3,(H,16,17). The summed E-state index contributed by atoms with van der Waals surface area (Å²) >= 11 is 5.75. The normalized spacial score (nSPS) is 10.4. The zero-order chi connectivity index (χ0) is 13.3. The van der Waals surface area contributed by atoms with Crippen LogP contribution in [0.15, 0.2) is 16.5 Å². The molecule has 0 atom stereocenters. The van der Waals surface area contributed by atoms with Gasteiger partial charge in [0.2, 0.25) is 5.76 Å². The van der Waals surface area contributed by atoms with Crippen LogP contribution in [0.1, 0.15) is 27.8 Å². The SMILES string of the molecule is Cc1nc(C)c(C(=O)Nc2ccc(Cl)nc2C)o1. The number of oxazole rings is 1. The number of anilines is 1. The third-order valence-electron chi connectivity index (χ3n) is 2.41. The Morgan fingerprint density at radius 1 is 1.22 bits per heavy atom. The van der Waals surface area contributed by atoms with Crippen molar-refractivity contribution < 1.29 is 9.21 Å². The Balaban J connectivity index is 2.24. The summed E-state index contributed by atoms with van der Waals surface area (Å²) in [6.45, 7) is 5.18. The number of hydrogen-bond acceptors (Lipinski definition) is 4. The number of nitrogens with zero attached hydrogens (tertiary/aromatic N) is 2. The van der Waals surface area contributed by atoms with Gasteiger partial charge < -0.3 is 9.73 Å². The molecule has 0 aromatic carbocycles. The average Bonchev–Trinajstić information content (AvgIpc) is 2.62. The van der Waals surface area contributed by atoms with E-state index in [-0.39, 0.29) is 11.7 Å². The zero-order valence-electron chi connectivity index (χ0n) is 10.2. The summed E-state index contributed by atoms with van der Waals surface area (Å²) in [6.07, 6.45) is 0. The fraction of sp³-hybridized carbons (Fsp3) is 0.250. The number of nitrogens with one attached hydrogen (secondary N) is 1. The lowest BCUT2D eigenvalue weighted by Gasteiger charge is -2.06. The molecular weight excluding hydrogens is 254 g/mol. The Morgan fingerprint density at radius 3 is 2.50 bits per heavy atom. The van der Waals surface area contributed by atoms with Crippen molar-refractivity contribution >= 4 is 23.2 Å². The highest BCUT2D eigenvalue weighted by Gasteiger charge is 2.16. The van der Waals surface area contributed by atoms with Crippen LogP contribution in [0.25, 0.3) is 0 Å². The van der Waals surface area contributed by atoms with Crippen molar-refractivity contribution in [3.8, 4) is 0 Å². The second-order valence-electron chi connectivity index (χ2n) is 3.87. The largest absolute Gasteiger partial charge is 0.436 e. The minimum Gasteiger partial charge on any atom is -0.436 e. The molecule has 2 aromatic heterocycles. The maximum absolute atomic E-state index is 12.0. The Labute approximate surface area is 109 Å². The molecule has 0 spiro atoms. The zero-order valence-corrected chi connectivity index (χ0v) is 11.0. The molecule has 0 unspecified atom stereocenters. The molecule has 0 saturated carbocycles. The third kappa shape index (κ3) is 2.51. The highest BCUT2D eigenvalue weighted by molar-refractivity contribution is 6.29. The van der Waals surface area contributed by atoms with Crippen molar-refractivity contribution in [1.29, 1.82) is 0 Å². The monoisotopic (exact) mass is 265 g/mol. The number of carbonyl (C=O) groups excluding carboxylic acids is 1. The fourth-order valence-corrected chi connectivity index (χ4v) is 1.77. The molecule has 1 N–H and O–H groups in total. The topological polar surface area (TPSA) is 68.0 Å². The van der Waals surface area contributed by atoms with Crippen molar-refractivity contribution in [2.45, 2.75) is 20.8 Å². The van der Waals surface area contributed by atoms with Crippen LogP contribution >= 0.6 is 11.6 Å². The molecular formula is C12H12ClN3O2. The predicted molar refractivity (Wildman–Crippen MR) is 67.9 cm³/mol. The molecule has 1 amide bonds. The summed E-state index contributed by atoms with van der Waals surface area (Å²) < 4.78 is 5.24. The van der Waals surface area contributed by atoms with Gasteiger partial charge in [0.25, 0.3) is 5.91 Å². The molecule has 18 heavy (non-hydrogen) atoms. The first kappa shape index (κ1) is 12.6. The van der Waals surface area contributed by atoms with Crippen LogP contribution in [0.2, 0.25) is 5.15 Å². The van der Waals surface area contributed by atoms with Gasteiger partial charge in [-0.15, -0.1) is 0 Å². The first-order valence-corrected chi connectivity index (χ1v) is 5.73. The van der Waals surface area contributed by atoms with Crippen molar-refractivity contribution in [2.24, 2.45) is 0 Å². The fourth-order valence-electron chi connectivity index (χ4n) is 1.58. The molecule has 0 radical (unpaired) electrons. The number of aromatic nitrogens is 2. The minimum absolute atomic E-state index is 0.210. The molecule has 0 fully saturated rings. The number of carbonyl (C=O) groups is 1. The maximum Gasteiger partial charge on any atom is 0.293 e. The number of rotatable bonds is 2. The van der Waals surface area contributed by atoms with E-state index in [1.54, 1.807) is 32.9 Å². The number of halogens is 1. The predicted octanol–water partition coefficient (Wildman–Crippen LogP) is 2.90. The van der Waals surface area contributed by atoms with Crippen molar-refractivity contribution in [3.05, 3.63) is 40.3 Å². The molecule has 2 heterocycles. The lowest BCUT2D eigenvalue weighted by atomic mass is 10.3. The smallest absolute Gasteiger partial charge is 0.293 e. The quantitative estimate of drug-likeness (QED) is 0.848. The Kier molecular flexibility index (Phi) is 3.34. The Morgan fingerprint density at radius 2 is 1.94 bits per heavy atom. The van der Waals surface area contributed by atoms with Crippen LogP contribution in [0.4, 0.5) is 5.69 Å². The van der Waals surface area contributed by atoms with Gasteiger partial charge in [-0.3, -0.25) is 4.79 Å². The van der Waals surface area contributed by atoms with Gasteiger partial charge in [0, 0.05) is 6.92 Å². The summed E-state index contributed by atoms with van der Waals surface area (Å²) in [7, 11) is 0. The van der Waals surface area contributed by atoms with Crippen LogP contribution in [0, 0.1) is 20.8 Å². The lowest BCUT2D eigenvalue weighted by Crippen LogP contribution is -2.13. The van der Waals surface area contributed by atoms with Crippen LogP contribution < -0.4 is 5.32 Å². The van der Waals surface area contributed by atoms with Gasteiger partial charge in [0.15, 0.2) is 5.89 Å². The minimum atomic E-state index is -0.347. The number of aryl methyl sites for hydroxylation is 3. The summed E-state index contributed by atoms with van der Waals surface area (Å²) in [5.41, 5.74) is 1.80. The van der Waals surface area contributed by atoms with Gasteiger partial charge in [0.05, 0.1) is 17.1 Å². The summed E-state index contributed by atoms with van der Waals surface area (Å²) in [6, 6.07) is 3.31. The van der Waals surface area contributed by atoms with E-state index in [9.17, 15) is 4.79 Å². The lowest BCUT2D eigenvalue weighted by molar-refractivity contribution is 0.0994. The van der Waals surface area contributed by atoms with E-state index in [4.69, 9.17) is 16.0 Å². The van der Waals surface area contributed by atoms with Crippen LogP contribution in [-0.2, 0) is 0 Å². The number of pyridine rings is 1. The molecule has 5 nitrogen and oxygen atoms in total. The van der Waals surface area contributed by atoms with E-state index in [1.165, 1.54) is 0 Å². The molecule has 2 rings (SSSR count). The third-order valence-corrected chi connectivity index (χ3v) is 2.62. The van der Waals surface area contributed by atoms with Crippen LogP contribution in [0.3, 0.4) is 0 Å². The second-order valence-corrected chi connectivity index (χ2v) is 4.26. The molecule has 0 aliphatic carbocycles. The Bertz CT molecular complexity index is 607. The van der Waals surface area contributed by atoms with Crippen molar-refractivity contribution in [3.63, 3.8) is 0 Å². The van der Waals surface area contributed by atoms with Gasteiger partial charge >= 0.3 is 0 Å². The molecule has 0 saturated heterocycles. The summed E-state index contributed by atoms with van der Waals surface area (Å²) in [4.78, 5) is 20.1. The van der Waals surface area contributed by atoms with Gasteiger partial charge in [0.1, 0.15) is 5.15 Å². The highest BCUT2D eigenvalue weighted by Crippen LogP contribution is 2.18. The first-order valence-electron chi connectivity index (χ1n) is 5.36. The molecule has 0 bridgehead atoms. The average molecular weight is 266 g/mol. The van der Waals surface area contributed by atoms with Gasteiger partial charge in [-0.05, 0) is 26.0 Å². The van der Waals surface area contributed by atoms with Crippen molar-refractivity contribution in [2.75, 3.05) is 5.32 Å². The van der Waals surface area contributed by atoms with Crippen molar-refractivity contribution in [1.82, 2.24) is 9.97 Å². The summed E-state index contributed by atoms with van der Waals surface area (Å²) in [5.74, 6) is 0.325. The van der Waals surface area contributed by atoms with E-state index in [0.717, 1.165) is 0 Å². The molecule has 6 heteroatoms. The first-order chi connectivity index (χ1) is 8.47. The van der Waals surface area contributed by atoms with E-state index in [0.29, 0.717) is 28.1 Å². The van der Waals surface area contributed by atoms with Gasteiger partial charge in [-0.25, -0.2) is 9.97 Å². The molecule has 0 aliphatic heterocycles. The maximum atomic E-state index is 12.0. The van der Waals surface area contributed by atoms with E-state index < -0.39 is 0 Å². The Hall–Kier alpha value is -1.88. The van der Waals surface area contributed by atoms with Gasteiger partial charge in [-0.1, -0.05) is 11.6 Å². The number of hydrogen-bond donors (Lipinski definition) is 1. The highest BCUT2D eigenvalue weighted by atomic mass is 35.5. The van der Waals surface area contributed by atoms with Crippen LogP contribution in [0.5, 0.6) is 0 Å². The van der Waals surface area contributed by atoms with E-state index >= 15 is 0 Å². The van der Waals surface area contributed by atoms with E-state index in [1.807, 2.05) is 0 Å². The molecule has 2 aromatic rings.